The highest BCUT2D eigenvalue weighted by Gasteiger charge is 2.30. The fraction of sp³-hybridized carbons (Fsp3) is 0.600. The lowest BCUT2D eigenvalue weighted by Crippen LogP contribution is -2.25. The van der Waals surface area contributed by atoms with E-state index in [2.05, 4.69) is 6.92 Å². The lowest BCUT2D eigenvalue weighted by Gasteiger charge is -2.29. The number of halogens is 4. The first-order valence-electron chi connectivity index (χ1n) is 9.10. The fourth-order valence-corrected chi connectivity index (χ4v) is 3.69. The molecule has 2 aliphatic rings. The number of alkyl halides is 3. The second kappa shape index (κ2) is 8.09. The Bertz CT molecular complexity index is 608. The van der Waals surface area contributed by atoms with Crippen LogP contribution in [0.5, 0.6) is 0 Å². The summed E-state index contributed by atoms with van der Waals surface area (Å²) in [6.07, 6.45) is -2.85. The van der Waals surface area contributed by atoms with Crippen LogP contribution in [0.4, 0.5) is 17.6 Å². The standard InChI is InChI=1S/C20H24F4O2/c1-13-11-25-19(26-12-13)17-8-4-15(5-9-17)14-2-6-16(7-3-14)18(21)10-20(22,23)24/h4-5,8-10,13-14,16,19H,2-3,6-7,11-12H2,1H3/b18-10-. The van der Waals surface area contributed by atoms with E-state index in [0.717, 1.165) is 11.1 Å². The van der Waals surface area contributed by atoms with Gasteiger partial charge < -0.3 is 9.47 Å². The molecule has 144 valence electrons. The molecule has 1 saturated heterocycles. The predicted molar refractivity (Wildman–Crippen MR) is 90.2 cm³/mol. The summed E-state index contributed by atoms with van der Waals surface area (Å²) in [5, 5.41) is 0. The molecule has 0 aromatic heterocycles. The van der Waals surface area contributed by atoms with E-state index in [1.165, 1.54) is 0 Å². The van der Waals surface area contributed by atoms with Crippen molar-refractivity contribution in [2.24, 2.45) is 11.8 Å². The molecule has 1 saturated carbocycles. The van der Waals surface area contributed by atoms with Crippen molar-refractivity contribution in [2.75, 3.05) is 13.2 Å². The largest absolute Gasteiger partial charge is 0.412 e. The first-order chi connectivity index (χ1) is 12.3. The van der Waals surface area contributed by atoms with Crippen LogP contribution in [-0.2, 0) is 9.47 Å². The number of allylic oxidation sites excluding steroid dienone is 2. The van der Waals surface area contributed by atoms with Crippen molar-refractivity contribution in [3.63, 3.8) is 0 Å². The van der Waals surface area contributed by atoms with Crippen molar-refractivity contribution in [2.45, 2.75) is 51.0 Å². The Labute approximate surface area is 151 Å². The highest BCUT2D eigenvalue weighted by Crippen LogP contribution is 2.40. The number of rotatable bonds is 3. The Morgan fingerprint density at radius 1 is 0.962 bits per heavy atom. The van der Waals surface area contributed by atoms with Crippen molar-refractivity contribution in [3.05, 3.63) is 47.3 Å². The lowest BCUT2D eigenvalue weighted by molar-refractivity contribution is -0.202. The Balaban J connectivity index is 1.56. The Morgan fingerprint density at radius 3 is 2.04 bits per heavy atom. The normalized spacial score (nSPS) is 31.0. The van der Waals surface area contributed by atoms with E-state index in [0.29, 0.717) is 44.8 Å². The van der Waals surface area contributed by atoms with Gasteiger partial charge in [-0.2, -0.15) is 13.2 Å². The van der Waals surface area contributed by atoms with Gasteiger partial charge in [0.2, 0.25) is 0 Å². The maximum Gasteiger partial charge on any atom is 0.412 e. The molecule has 1 aromatic carbocycles. The van der Waals surface area contributed by atoms with Crippen LogP contribution >= 0.6 is 0 Å². The van der Waals surface area contributed by atoms with Gasteiger partial charge in [-0.3, -0.25) is 0 Å². The summed E-state index contributed by atoms with van der Waals surface area (Å²) in [6, 6.07) is 8.00. The number of hydrogen-bond donors (Lipinski definition) is 0. The lowest BCUT2D eigenvalue weighted by atomic mass is 9.78. The molecule has 0 unspecified atom stereocenters. The smallest absolute Gasteiger partial charge is 0.348 e. The van der Waals surface area contributed by atoms with E-state index in [9.17, 15) is 17.6 Å². The molecule has 3 rings (SSSR count). The molecule has 0 amide bonds. The zero-order valence-corrected chi connectivity index (χ0v) is 14.8. The topological polar surface area (TPSA) is 18.5 Å². The third kappa shape index (κ3) is 5.07. The highest BCUT2D eigenvalue weighted by atomic mass is 19.4. The van der Waals surface area contributed by atoms with Gasteiger partial charge in [0.05, 0.1) is 19.3 Å². The molecular weight excluding hydrogens is 348 g/mol. The van der Waals surface area contributed by atoms with Crippen molar-refractivity contribution in [3.8, 4) is 0 Å². The average Bonchev–Trinajstić information content (AvgIpc) is 2.61. The van der Waals surface area contributed by atoms with Crippen LogP contribution in [0, 0.1) is 11.8 Å². The SMILES string of the molecule is CC1COC(c2ccc(C3CCC(/C(F)=C/C(F)(F)F)CC3)cc2)OC1. The molecule has 0 radical (unpaired) electrons. The minimum absolute atomic E-state index is 0.197. The maximum atomic E-state index is 13.7. The van der Waals surface area contributed by atoms with Crippen molar-refractivity contribution < 1.29 is 27.0 Å². The van der Waals surface area contributed by atoms with Gasteiger partial charge in [0.25, 0.3) is 0 Å². The van der Waals surface area contributed by atoms with Crippen LogP contribution in [0.2, 0.25) is 0 Å². The van der Waals surface area contributed by atoms with Gasteiger partial charge in [-0.15, -0.1) is 0 Å². The monoisotopic (exact) mass is 372 g/mol. The molecule has 0 spiro atoms. The zero-order valence-electron chi connectivity index (χ0n) is 14.8. The molecule has 26 heavy (non-hydrogen) atoms. The molecule has 6 heteroatoms. The molecular formula is C20H24F4O2. The molecule has 1 heterocycles. The van der Waals surface area contributed by atoms with Gasteiger partial charge in [-0.1, -0.05) is 31.2 Å². The highest BCUT2D eigenvalue weighted by molar-refractivity contribution is 5.27. The molecule has 0 bridgehead atoms. The van der Waals surface area contributed by atoms with Gasteiger partial charge >= 0.3 is 6.18 Å². The molecule has 2 nitrogen and oxygen atoms in total. The summed E-state index contributed by atoms with van der Waals surface area (Å²) >= 11 is 0. The van der Waals surface area contributed by atoms with Gasteiger partial charge in [-0.05, 0) is 37.2 Å². The minimum Gasteiger partial charge on any atom is -0.348 e. The number of hydrogen-bond acceptors (Lipinski definition) is 2. The number of benzene rings is 1. The second-order valence-electron chi connectivity index (χ2n) is 7.39. The summed E-state index contributed by atoms with van der Waals surface area (Å²) in [7, 11) is 0. The summed E-state index contributed by atoms with van der Waals surface area (Å²) in [6.45, 7) is 3.42. The Morgan fingerprint density at radius 2 is 1.50 bits per heavy atom. The van der Waals surface area contributed by atoms with E-state index < -0.39 is 17.9 Å². The van der Waals surface area contributed by atoms with E-state index in [1.54, 1.807) is 0 Å². The van der Waals surface area contributed by atoms with E-state index in [4.69, 9.17) is 9.47 Å². The van der Waals surface area contributed by atoms with E-state index >= 15 is 0 Å². The summed E-state index contributed by atoms with van der Waals surface area (Å²) in [5.74, 6) is -0.995. The average molecular weight is 372 g/mol. The van der Waals surface area contributed by atoms with Gasteiger partial charge in [0, 0.05) is 17.4 Å². The predicted octanol–water partition coefficient (Wildman–Crippen LogP) is 6.06. The molecule has 0 N–H and O–H groups in total. The van der Waals surface area contributed by atoms with Gasteiger partial charge in [0.1, 0.15) is 5.83 Å². The van der Waals surface area contributed by atoms with Crippen molar-refractivity contribution in [1.29, 1.82) is 0 Å². The van der Waals surface area contributed by atoms with Crippen molar-refractivity contribution >= 4 is 0 Å². The molecule has 1 aromatic rings. The summed E-state index contributed by atoms with van der Waals surface area (Å²) in [4.78, 5) is 0. The quantitative estimate of drug-likeness (QED) is 0.601. The van der Waals surface area contributed by atoms with Crippen LogP contribution in [-0.4, -0.2) is 19.4 Å². The maximum absolute atomic E-state index is 13.7. The van der Waals surface area contributed by atoms with Crippen LogP contribution in [0.1, 0.15) is 55.9 Å². The van der Waals surface area contributed by atoms with Gasteiger partial charge in [-0.25, -0.2) is 4.39 Å². The molecule has 2 fully saturated rings. The Hall–Kier alpha value is -1.40. The molecule has 1 aliphatic heterocycles. The first-order valence-corrected chi connectivity index (χ1v) is 9.10. The van der Waals surface area contributed by atoms with Crippen LogP contribution in [0.25, 0.3) is 0 Å². The third-order valence-corrected chi connectivity index (χ3v) is 5.16. The summed E-state index contributed by atoms with van der Waals surface area (Å²) < 4.78 is 61.9. The summed E-state index contributed by atoms with van der Waals surface area (Å²) in [5.41, 5.74) is 2.10. The zero-order chi connectivity index (χ0) is 18.7. The first kappa shape index (κ1) is 19.4. The minimum atomic E-state index is -4.59. The number of ether oxygens (including phenoxy) is 2. The van der Waals surface area contributed by atoms with E-state index in [1.807, 2.05) is 24.3 Å². The van der Waals surface area contributed by atoms with E-state index in [-0.39, 0.29) is 18.3 Å². The Kier molecular flexibility index (Phi) is 6.03. The van der Waals surface area contributed by atoms with Crippen LogP contribution < -0.4 is 0 Å². The van der Waals surface area contributed by atoms with Crippen molar-refractivity contribution in [1.82, 2.24) is 0 Å². The fourth-order valence-electron chi connectivity index (χ4n) is 3.69. The third-order valence-electron chi connectivity index (χ3n) is 5.16. The molecule has 0 atom stereocenters. The van der Waals surface area contributed by atoms with Crippen LogP contribution in [0.15, 0.2) is 36.2 Å². The molecule has 1 aliphatic carbocycles. The van der Waals surface area contributed by atoms with Gasteiger partial charge in [0.15, 0.2) is 6.29 Å². The van der Waals surface area contributed by atoms with Crippen LogP contribution in [0.3, 0.4) is 0 Å². The second-order valence-corrected chi connectivity index (χ2v) is 7.39.